The van der Waals surface area contributed by atoms with Crippen LogP contribution in [0.3, 0.4) is 0 Å². The van der Waals surface area contributed by atoms with Crippen LogP contribution >= 0.6 is 0 Å². The van der Waals surface area contributed by atoms with E-state index in [4.69, 9.17) is 0 Å². The second-order valence-corrected chi connectivity index (χ2v) is 7.50. The van der Waals surface area contributed by atoms with Crippen molar-refractivity contribution < 1.29 is 9.59 Å². The fourth-order valence-electron chi connectivity index (χ4n) is 3.36. The smallest absolute Gasteiger partial charge is 0.261 e. The highest BCUT2D eigenvalue weighted by Crippen LogP contribution is 2.16. The first-order valence-electron chi connectivity index (χ1n) is 9.95. The maximum atomic E-state index is 13.0. The number of anilines is 1. The van der Waals surface area contributed by atoms with E-state index in [1.165, 1.54) is 6.20 Å². The molecule has 0 aliphatic carbocycles. The lowest BCUT2D eigenvalue weighted by Crippen LogP contribution is -2.30. The van der Waals surface area contributed by atoms with Crippen molar-refractivity contribution in [2.24, 2.45) is 0 Å². The Hall–Kier alpha value is -3.48. The highest BCUT2D eigenvalue weighted by molar-refractivity contribution is 6.05. The number of nitrogens with zero attached hydrogens (tertiary/aromatic N) is 2. The Morgan fingerprint density at radius 1 is 1.07 bits per heavy atom. The summed E-state index contributed by atoms with van der Waals surface area (Å²) in [5.41, 5.74) is 3.29. The maximum Gasteiger partial charge on any atom is 0.261 e. The molecule has 1 aromatic carbocycles. The summed E-state index contributed by atoms with van der Waals surface area (Å²) in [6.45, 7) is 8.19. The van der Waals surface area contributed by atoms with E-state index in [0.717, 1.165) is 23.2 Å². The molecule has 0 atom stereocenters. The van der Waals surface area contributed by atoms with Gasteiger partial charge >= 0.3 is 0 Å². The van der Waals surface area contributed by atoms with Gasteiger partial charge in [0.15, 0.2) is 0 Å². The fraction of sp³-hybridized carbons (Fsp3) is 0.304. The van der Waals surface area contributed by atoms with Gasteiger partial charge in [-0.25, -0.2) is 4.98 Å². The van der Waals surface area contributed by atoms with Gasteiger partial charge in [0.2, 0.25) is 11.3 Å². The summed E-state index contributed by atoms with van der Waals surface area (Å²) in [6, 6.07) is 9.05. The second kappa shape index (κ2) is 8.90. The number of carbonyl (C=O) groups excluding carboxylic acids is 2. The average Bonchev–Trinajstić information content (AvgIpc) is 2.67. The van der Waals surface area contributed by atoms with Gasteiger partial charge in [0.1, 0.15) is 17.8 Å². The van der Waals surface area contributed by atoms with Crippen molar-refractivity contribution >= 4 is 28.5 Å². The molecule has 0 aliphatic heterocycles. The van der Waals surface area contributed by atoms with Crippen molar-refractivity contribution in [1.82, 2.24) is 14.9 Å². The molecule has 2 heterocycles. The minimum absolute atomic E-state index is 0.0307. The molecular formula is C23H26N4O3. The molecule has 156 valence electrons. The van der Waals surface area contributed by atoms with Crippen molar-refractivity contribution in [1.29, 1.82) is 0 Å². The topological polar surface area (TPSA) is 93.1 Å². The number of nitrogens with one attached hydrogen (secondary N) is 2. The van der Waals surface area contributed by atoms with Gasteiger partial charge in [-0.05, 0) is 62.6 Å². The molecule has 3 aromatic rings. The average molecular weight is 406 g/mol. The summed E-state index contributed by atoms with van der Waals surface area (Å²) in [7, 11) is 0. The Bertz CT molecular complexity index is 1160. The van der Waals surface area contributed by atoms with Crippen LogP contribution in [0, 0.1) is 20.8 Å². The Morgan fingerprint density at radius 2 is 1.77 bits per heavy atom. The van der Waals surface area contributed by atoms with Crippen LogP contribution in [0.25, 0.3) is 11.0 Å². The van der Waals surface area contributed by atoms with E-state index < -0.39 is 11.3 Å². The van der Waals surface area contributed by atoms with Crippen LogP contribution < -0.4 is 16.1 Å². The largest absolute Gasteiger partial charge is 0.355 e. The highest BCUT2D eigenvalue weighted by Gasteiger charge is 2.18. The fourth-order valence-corrected chi connectivity index (χ4v) is 3.36. The second-order valence-electron chi connectivity index (χ2n) is 7.50. The van der Waals surface area contributed by atoms with Crippen LogP contribution in [-0.4, -0.2) is 27.9 Å². The first-order valence-corrected chi connectivity index (χ1v) is 9.95. The first-order chi connectivity index (χ1) is 14.3. The lowest BCUT2D eigenvalue weighted by Gasteiger charge is -2.14. The molecule has 0 fully saturated rings. The van der Waals surface area contributed by atoms with Crippen LogP contribution in [0.2, 0.25) is 0 Å². The molecule has 7 heteroatoms. The Kier molecular flexibility index (Phi) is 6.30. The van der Waals surface area contributed by atoms with E-state index in [1.54, 1.807) is 16.7 Å². The van der Waals surface area contributed by atoms with E-state index in [9.17, 15) is 14.4 Å². The minimum atomic E-state index is -0.518. The predicted molar refractivity (Wildman–Crippen MR) is 118 cm³/mol. The lowest BCUT2D eigenvalue weighted by molar-refractivity contribution is -0.121. The molecule has 0 unspecified atom stereocenters. The number of hydrogen-bond donors (Lipinski definition) is 2. The molecule has 0 saturated heterocycles. The van der Waals surface area contributed by atoms with Crippen molar-refractivity contribution in [3.05, 3.63) is 69.1 Å². The van der Waals surface area contributed by atoms with Crippen LogP contribution in [0.4, 0.5) is 5.69 Å². The third kappa shape index (κ3) is 4.74. The number of benzene rings is 1. The summed E-state index contributed by atoms with van der Waals surface area (Å²) in [5.74, 6) is -0.721. The number of rotatable bonds is 6. The minimum Gasteiger partial charge on any atom is -0.355 e. The van der Waals surface area contributed by atoms with Crippen molar-refractivity contribution in [2.45, 2.75) is 40.7 Å². The number of aryl methyl sites for hydroxylation is 3. The van der Waals surface area contributed by atoms with Gasteiger partial charge in [-0.3, -0.25) is 14.4 Å². The molecule has 3 rings (SSSR count). The Balaban J connectivity index is 2.04. The quantitative estimate of drug-likeness (QED) is 0.658. The summed E-state index contributed by atoms with van der Waals surface area (Å²) in [5, 5.41) is 5.91. The van der Waals surface area contributed by atoms with Gasteiger partial charge in [-0.1, -0.05) is 13.0 Å². The van der Waals surface area contributed by atoms with Gasteiger partial charge in [-0.2, -0.15) is 0 Å². The molecule has 2 amide bonds. The van der Waals surface area contributed by atoms with Crippen LogP contribution in [0.15, 0.2) is 41.3 Å². The SMILES string of the molecule is CCCNC(=O)Cn1cc(C(=O)Nc2cc(C)cc(C)c2)c(=O)c2ccc(C)nc21. The summed E-state index contributed by atoms with van der Waals surface area (Å²) < 4.78 is 1.56. The van der Waals surface area contributed by atoms with Crippen molar-refractivity contribution in [2.75, 3.05) is 11.9 Å². The number of amides is 2. The van der Waals surface area contributed by atoms with E-state index in [1.807, 2.05) is 45.9 Å². The Morgan fingerprint density at radius 3 is 2.43 bits per heavy atom. The first kappa shape index (κ1) is 21.2. The van der Waals surface area contributed by atoms with Crippen LogP contribution in [-0.2, 0) is 11.3 Å². The van der Waals surface area contributed by atoms with Crippen molar-refractivity contribution in [3.8, 4) is 0 Å². The summed E-state index contributed by atoms with van der Waals surface area (Å²) in [6.07, 6.45) is 2.23. The van der Waals surface area contributed by atoms with Gasteiger partial charge in [-0.15, -0.1) is 0 Å². The number of fused-ring (bicyclic) bond motifs is 1. The van der Waals surface area contributed by atoms with E-state index in [2.05, 4.69) is 15.6 Å². The Labute approximate surface area is 175 Å². The molecule has 7 nitrogen and oxygen atoms in total. The molecule has 2 aromatic heterocycles. The van der Waals surface area contributed by atoms with Gasteiger partial charge in [0.05, 0.1) is 5.39 Å². The van der Waals surface area contributed by atoms with Crippen LogP contribution in [0.5, 0.6) is 0 Å². The molecular weight excluding hydrogens is 380 g/mol. The zero-order valence-electron chi connectivity index (χ0n) is 17.7. The van der Waals surface area contributed by atoms with Crippen LogP contribution in [0.1, 0.15) is 40.5 Å². The number of hydrogen-bond acceptors (Lipinski definition) is 4. The molecule has 0 bridgehead atoms. The monoisotopic (exact) mass is 406 g/mol. The number of pyridine rings is 2. The van der Waals surface area contributed by atoms with E-state index in [0.29, 0.717) is 23.3 Å². The van der Waals surface area contributed by atoms with E-state index >= 15 is 0 Å². The number of aromatic nitrogens is 2. The summed E-state index contributed by atoms with van der Waals surface area (Å²) in [4.78, 5) is 42.7. The number of carbonyl (C=O) groups is 2. The molecule has 0 spiro atoms. The predicted octanol–water partition coefficient (Wildman–Crippen LogP) is 3.10. The third-order valence-electron chi connectivity index (χ3n) is 4.67. The van der Waals surface area contributed by atoms with Crippen molar-refractivity contribution in [3.63, 3.8) is 0 Å². The van der Waals surface area contributed by atoms with Gasteiger partial charge in [0.25, 0.3) is 5.91 Å². The normalized spacial score (nSPS) is 10.8. The lowest BCUT2D eigenvalue weighted by atomic mass is 10.1. The van der Waals surface area contributed by atoms with E-state index in [-0.39, 0.29) is 18.0 Å². The standard InChI is InChI=1S/C23H26N4O3/c1-5-8-24-20(28)13-27-12-19(21(29)18-7-6-16(4)25-22(18)27)23(30)26-17-10-14(2)9-15(3)11-17/h6-7,9-12H,5,8,13H2,1-4H3,(H,24,28)(H,26,30). The molecule has 0 radical (unpaired) electrons. The highest BCUT2D eigenvalue weighted by atomic mass is 16.2. The zero-order valence-corrected chi connectivity index (χ0v) is 17.7. The van der Waals surface area contributed by atoms with Gasteiger partial charge < -0.3 is 15.2 Å². The maximum absolute atomic E-state index is 13.0. The molecule has 30 heavy (non-hydrogen) atoms. The molecule has 2 N–H and O–H groups in total. The van der Waals surface area contributed by atoms with Gasteiger partial charge in [0, 0.05) is 24.1 Å². The zero-order chi connectivity index (χ0) is 21.8. The molecule has 0 saturated carbocycles. The molecule has 0 aliphatic rings. The third-order valence-corrected chi connectivity index (χ3v) is 4.67. The summed E-state index contributed by atoms with van der Waals surface area (Å²) >= 11 is 0.